The molecule has 0 aliphatic carbocycles. The Balaban J connectivity index is 1.83. The van der Waals surface area contributed by atoms with Crippen LogP contribution >= 0.6 is 11.6 Å². The first-order valence-electron chi connectivity index (χ1n) is 6.48. The fourth-order valence-electron chi connectivity index (χ4n) is 1.96. The average Bonchev–Trinajstić information content (AvgIpc) is 2.96. The van der Waals surface area contributed by atoms with E-state index in [1.807, 2.05) is 0 Å². The lowest BCUT2D eigenvalue weighted by Crippen LogP contribution is -2.04. The van der Waals surface area contributed by atoms with E-state index in [2.05, 4.69) is 10.1 Å². The van der Waals surface area contributed by atoms with Gasteiger partial charge in [0.15, 0.2) is 11.5 Å². The van der Waals surface area contributed by atoms with E-state index in [-0.39, 0.29) is 6.61 Å². The number of nitrogens with zero attached hydrogens (tertiary/aromatic N) is 3. The third-order valence-electron chi connectivity index (χ3n) is 2.99. The van der Waals surface area contributed by atoms with Crippen LogP contribution in [0.1, 0.15) is 16.2 Å². The summed E-state index contributed by atoms with van der Waals surface area (Å²) in [5.74, 6) is 0.672. The minimum Gasteiger partial charge on any atom is -0.486 e. The van der Waals surface area contributed by atoms with Crippen LogP contribution in [0.4, 0.5) is 0 Å². The summed E-state index contributed by atoms with van der Waals surface area (Å²) in [5.41, 5.74) is 0.791. The summed E-state index contributed by atoms with van der Waals surface area (Å²) in [6, 6.07) is 10.3. The highest BCUT2D eigenvalue weighted by molar-refractivity contribution is 6.30. The van der Waals surface area contributed by atoms with Crippen molar-refractivity contribution in [2.75, 3.05) is 7.11 Å². The zero-order valence-electron chi connectivity index (χ0n) is 11.7. The van der Waals surface area contributed by atoms with Crippen molar-refractivity contribution in [3.05, 3.63) is 59.0 Å². The number of methoxy groups -OCH3 is 1. The van der Waals surface area contributed by atoms with Gasteiger partial charge in [-0.15, -0.1) is 5.10 Å². The molecule has 0 amide bonds. The number of hydrogen-bond acceptors (Lipinski definition) is 5. The highest BCUT2D eigenvalue weighted by Crippen LogP contribution is 2.17. The number of halogens is 1. The molecule has 0 bridgehead atoms. The highest BCUT2D eigenvalue weighted by atomic mass is 35.5. The molecule has 0 radical (unpaired) electrons. The standard InChI is InChI=1S/C15H12ClN3O3/c1-21-15(20)12-3-2-8-19-14(12)17-13(18-19)9-22-11-6-4-10(16)5-7-11/h2-8H,9H2,1H3. The van der Waals surface area contributed by atoms with E-state index >= 15 is 0 Å². The van der Waals surface area contributed by atoms with Gasteiger partial charge in [-0.25, -0.2) is 14.3 Å². The Kier molecular flexibility index (Phi) is 3.93. The maximum absolute atomic E-state index is 11.7. The number of fused-ring (bicyclic) bond motifs is 1. The second kappa shape index (κ2) is 6.03. The van der Waals surface area contributed by atoms with Crippen LogP contribution in [0.3, 0.4) is 0 Å². The van der Waals surface area contributed by atoms with E-state index in [0.29, 0.717) is 27.8 Å². The summed E-state index contributed by atoms with van der Waals surface area (Å²) in [4.78, 5) is 16.0. The number of carbonyl (C=O) groups is 1. The van der Waals surface area contributed by atoms with Gasteiger partial charge in [-0.05, 0) is 36.4 Å². The van der Waals surface area contributed by atoms with Crippen molar-refractivity contribution in [3.63, 3.8) is 0 Å². The Morgan fingerprint density at radius 1 is 1.27 bits per heavy atom. The van der Waals surface area contributed by atoms with Gasteiger partial charge in [0.2, 0.25) is 0 Å². The minimum absolute atomic E-state index is 0.184. The third kappa shape index (κ3) is 2.87. The third-order valence-corrected chi connectivity index (χ3v) is 3.25. The van der Waals surface area contributed by atoms with Gasteiger partial charge in [0, 0.05) is 11.2 Å². The van der Waals surface area contributed by atoms with Gasteiger partial charge in [-0.1, -0.05) is 11.6 Å². The summed E-state index contributed by atoms with van der Waals surface area (Å²) in [5, 5.41) is 4.91. The Hall–Kier alpha value is -2.60. The Morgan fingerprint density at radius 2 is 2.05 bits per heavy atom. The van der Waals surface area contributed by atoms with Crippen molar-refractivity contribution >= 4 is 23.2 Å². The lowest BCUT2D eigenvalue weighted by molar-refractivity contribution is 0.0602. The molecule has 0 aliphatic rings. The first-order chi connectivity index (χ1) is 10.7. The molecule has 0 saturated carbocycles. The maximum Gasteiger partial charge on any atom is 0.341 e. The van der Waals surface area contributed by atoms with Gasteiger partial charge in [0.25, 0.3) is 0 Å². The molecule has 1 aromatic carbocycles. The van der Waals surface area contributed by atoms with Gasteiger partial charge in [0.05, 0.1) is 7.11 Å². The van der Waals surface area contributed by atoms with Crippen LogP contribution in [0.15, 0.2) is 42.6 Å². The maximum atomic E-state index is 11.7. The zero-order chi connectivity index (χ0) is 15.5. The second-order valence-electron chi connectivity index (χ2n) is 4.45. The summed E-state index contributed by atoms with van der Waals surface area (Å²) in [6.07, 6.45) is 1.71. The molecule has 3 aromatic rings. The van der Waals surface area contributed by atoms with E-state index in [4.69, 9.17) is 21.1 Å². The van der Waals surface area contributed by atoms with Crippen LogP contribution in [0.2, 0.25) is 5.02 Å². The summed E-state index contributed by atoms with van der Waals surface area (Å²) < 4.78 is 11.8. The van der Waals surface area contributed by atoms with Gasteiger partial charge < -0.3 is 9.47 Å². The quantitative estimate of drug-likeness (QED) is 0.692. The molecule has 2 heterocycles. The van der Waals surface area contributed by atoms with Crippen molar-refractivity contribution in [3.8, 4) is 5.75 Å². The molecule has 0 fully saturated rings. The number of hydrogen-bond donors (Lipinski definition) is 0. The molecule has 0 saturated heterocycles. The predicted molar refractivity (Wildman–Crippen MR) is 80.1 cm³/mol. The van der Waals surface area contributed by atoms with Gasteiger partial charge in [-0.3, -0.25) is 0 Å². The predicted octanol–water partition coefficient (Wildman–Crippen LogP) is 2.75. The van der Waals surface area contributed by atoms with E-state index in [9.17, 15) is 4.79 Å². The molecule has 0 atom stereocenters. The van der Waals surface area contributed by atoms with Crippen molar-refractivity contribution in [1.29, 1.82) is 0 Å². The summed E-state index contributed by atoms with van der Waals surface area (Å²) >= 11 is 5.82. The monoisotopic (exact) mass is 317 g/mol. The Bertz CT molecular complexity index is 815. The van der Waals surface area contributed by atoms with Crippen LogP contribution < -0.4 is 4.74 Å². The highest BCUT2D eigenvalue weighted by Gasteiger charge is 2.14. The molecule has 22 heavy (non-hydrogen) atoms. The number of carbonyl (C=O) groups excluding carboxylic acids is 1. The lowest BCUT2D eigenvalue weighted by atomic mass is 10.3. The Labute approximate surface area is 131 Å². The smallest absolute Gasteiger partial charge is 0.341 e. The molecule has 7 heteroatoms. The molecule has 0 N–H and O–H groups in total. The topological polar surface area (TPSA) is 65.7 Å². The largest absolute Gasteiger partial charge is 0.486 e. The number of ether oxygens (including phenoxy) is 2. The van der Waals surface area contributed by atoms with E-state index in [1.165, 1.54) is 11.6 Å². The van der Waals surface area contributed by atoms with Crippen LogP contribution in [-0.2, 0) is 11.3 Å². The number of pyridine rings is 1. The van der Waals surface area contributed by atoms with Crippen LogP contribution in [0.5, 0.6) is 5.75 Å². The second-order valence-corrected chi connectivity index (χ2v) is 4.89. The van der Waals surface area contributed by atoms with Gasteiger partial charge in [0.1, 0.15) is 17.9 Å². The number of esters is 1. The number of aromatic nitrogens is 3. The fraction of sp³-hybridized carbons (Fsp3) is 0.133. The lowest BCUT2D eigenvalue weighted by Gasteiger charge is -2.02. The molecule has 3 rings (SSSR count). The fourth-order valence-corrected chi connectivity index (χ4v) is 2.09. The van der Waals surface area contributed by atoms with Crippen molar-refractivity contribution in [2.45, 2.75) is 6.61 Å². The normalized spacial score (nSPS) is 10.6. The SMILES string of the molecule is COC(=O)c1cccn2nc(COc3ccc(Cl)cc3)nc12. The minimum atomic E-state index is -0.455. The molecule has 112 valence electrons. The Morgan fingerprint density at radius 3 is 2.77 bits per heavy atom. The summed E-state index contributed by atoms with van der Waals surface area (Å²) in [7, 11) is 1.33. The molecule has 2 aromatic heterocycles. The number of benzene rings is 1. The van der Waals surface area contributed by atoms with Gasteiger partial charge in [-0.2, -0.15) is 0 Å². The van der Waals surface area contributed by atoms with E-state index in [0.717, 1.165) is 0 Å². The zero-order valence-corrected chi connectivity index (χ0v) is 12.4. The molecule has 6 nitrogen and oxygen atoms in total. The van der Waals surface area contributed by atoms with Crippen molar-refractivity contribution in [2.24, 2.45) is 0 Å². The first-order valence-corrected chi connectivity index (χ1v) is 6.86. The first kappa shape index (κ1) is 14.3. The summed E-state index contributed by atoms with van der Waals surface area (Å²) in [6.45, 7) is 0.184. The molecular formula is C15H12ClN3O3. The molecule has 0 unspecified atom stereocenters. The van der Waals surface area contributed by atoms with Gasteiger partial charge >= 0.3 is 5.97 Å². The number of rotatable bonds is 4. The van der Waals surface area contributed by atoms with Crippen LogP contribution in [0, 0.1) is 0 Å². The molecule has 0 spiro atoms. The van der Waals surface area contributed by atoms with Crippen LogP contribution in [-0.4, -0.2) is 27.7 Å². The molecular weight excluding hydrogens is 306 g/mol. The molecule has 0 aliphatic heterocycles. The van der Waals surface area contributed by atoms with Crippen molar-refractivity contribution < 1.29 is 14.3 Å². The van der Waals surface area contributed by atoms with E-state index in [1.54, 1.807) is 42.6 Å². The van der Waals surface area contributed by atoms with Crippen molar-refractivity contribution in [1.82, 2.24) is 14.6 Å². The van der Waals surface area contributed by atoms with E-state index < -0.39 is 5.97 Å². The van der Waals surface area contributed by atoms with Crippen LogP contribution in [0.25, 0.3) is 5.65 Å². The average molecular weight is 318 g/mol.